The second-order valence-corrected chi connectivity index (χ2v) is 4.90. The van der Waals surface area contributed by atoms with E-state index in [4.69, 9.17) is 22.0 Å². The van der Waals surface area contributed by atoms with Gasteiger partial charge in [-0.25, -0.2) is 0 Å². The largest absolute Gasteiger partial charge is 0.394 e. The number of aliphatic hydroxyl groups excluding tert-OH is 1. The summed E-state index contributed by atoms with van der Waals surface area (Å²) in [6.07, 6.45) is 2.00. The molecule has 0 aromatic heterocycles. The number of benzene rings is 1. The van der Waals surface area contributed by atoms with Crippen molar-refractivity contribution in [1.82, 2.24) is 5.32 Å². The number of rotatable bonds is 6. The summed E-state index contributed by atoms with van der Waals surface area (Å²) in [7, 11) is 0. The summed E-state index contributed by atoms with van der Waals surface area (Å²) in [5.41, 5.74) is 1.23. The molecular formula is C15H18ClN3O2. The van der Waals surface area contributed by atoms with E-state index in [-0.39, 0.29) is 18.2 Å². The first-order valence-corrected chi connectivity index (χ1v) is 6.94. The van der Waals surface area contributed by atoms with Crippen LogP contribution in [0.15, 0.2) is 30.0 Å². The van der Waals surface area contributed by atoms with Gasteiger partial charge in [-0.05, 0) is 31.0 Å². The third-order valence-corrected chi connectivity index (χ3v) is 3.47. The standard InChI is InChI=1S/C15H18ClN3O2/c1-3-12(9-20)18-8-11(7-17)15(21)19-14-6-4-5-13(16)10(14)2/h4-6,8,12,18,20H,3,9H2,1-2H3,(H,19,21)/b11-8-. The summed E-state index contributed by atoms with van der Waals surface area (Å²) >= 11 is 5.98. The van der Waals surface area contributed by atoms with Crippen molar-refractivity contribution in [3.8, 4) is 6.07 Å². The SMILES string of the molecule is CCC(CO)N/C=C(/C#N)C(=O)Nc1cccc(Cl)c1C. The van der Waals surface area contributed by atoms with Gasteiger partial charge in [-0.1, -0.05) is 24.6 Å². The average molecular weight is 308 g/mol. The minimum atomic E-state index is -0.525. The third kappa shape index (κ3) is 4.78. The first-order valence-electron chi connectivity index (χ1n) is 6.57. The lowest BCUT2D eigenvalue weighted by molar-refractivity contribution is -0.112. The zero-order valence-electron chi connectivity index (χ0n) is 12.0. The molecule has 0 aliphatic carbocycles. The fourth-order valence-corrected chi connectivity index (χ4v) is 1.76. The third-order valence-electron chi connectivity index (χ3n) is 3.06. The number of carbonyl (C=O) groups is 1. The van der Waals surface area contributed by atoms with Crippen LogP contribution in [0.1, 0.15) is 18.9 Å². The number of nitrogens with zero attached hydrogens (tertiary/aromatic N) is 1. The number of anilines is 1. The van der Waals surface area contributed by atoms with Crippen molar-refractivity contribution in [3.63, 3.8) is 0 Å². The molecule has 0 aliphatic heterocycles. The van der Waals surface area contributed by atoms with Gasteiger partial charge in [-0.3, -0.25) is 4.79 Å². The van der Waals surface area contributed by atoms with Gasteiger partial charge in [0.15, 0.2) is 0 Å². The minimum Gasteiger partial charge on any atom is -0.394 e. The van der Waals surface area contributed by atoms with E-state index in [9.17, 15) is 4.79 Å². The number of amides is 1. The molecule has 0 aliphatic rings. The van der Waals surface area contributed by atoms with Gasteiger partial charge in [0.25, 0.3) is 5.91 Å². The molecule has 1 unspecified atom stereocenters. The Kier molecular flexibility index (Phi) is 6.73. The van der Waals surface area contributed by atoms with Crippen LogP contribution in [0, 0.1) is 18.3 Å². The Labute approximate surface area is 129 Å². The molecule has 0 saturated carbocycles. The van der Waals surface area contributed by atoms with Gasteiger partial charge in [0.2, 0.25) is 0 Å². The first kappa shape index (κ1) is 17.0. The Bertz CT molecular complexity index is 575. The molecular weight excluding hydrogens is 290 g/mol. The monoisotopic (exact) mass is 307 g/mol. The van der Waals surface area contributed by atoms with E-state index in [2.05, 4.69) is 10.6 Å². The molecule has 5 nitrogen and oxygen atoms in total. The molecule has 1 aromatic carbocycles. The highest BCUT2D eigenvalue weighted by atomic mass is 35.5. The Morgan fingerprint density at radius 1 is 1.57 bits per heavy atom. The molecule has 0 bridgehead atoms. The van der Waals surface area contributed by atoms with Gasteiger partial charge in [0.1, 0.15) is 11.6 Å². The van der Waals surface area contributed by atoms with Crippen molar-refractivity contribution in [2.24, 2.45) is 0 Å². The number of hydrogen-bond acceptors (Lipinski definition) is 4. The van der Waals surface area contributed by atoms with Crippen molar-refractivity contribution in [3.05, 3.63) is 40.6 Å². The number of hydrogen-bond donors (Lipinski definition) is 3. The van der Waals surface area contributed by atoms with E-state index < -0.39 is 5.91 Å². The summed E-state index contributed by atoms with van der Waals surface area (Å²) in [5, 5.41) is 24.1. The van der Waals surface area contributed by atoms with E-state index in [1.165, 1.54) is 6.20 Å². The predicted molar refractivity (Wildman–Crippen MR) is 82.8 cm³/mol. The summed E-state index contributed by atoms with van der Waals surface area (Å²) in [6.45, 7) is 3.61. The first-order chi connectivity index (χ1) is 10.0. The van der Waals surface area contributed by atoms with E-state index in [1.807, 2.05) is 13.0 Å². The van der Waals surface area contributed by atoms with Crippen molar-refractivity contribution < 1.29 is 9.90 Å². The fraction of sp³-hybridized carbons (Fsp3) is 0.333. The second kappa shape index (κ2) is 8.30. The van der Waals surface area contributed by atoms with Crippen LogP contribution in [0.25, 0.3) is 0 Å². The molecule has 0 heterocycles. The lowest BCUT2D eigenvalue weighted by atomic mass is 10.2. The molecule has 112 valence electrons. The lowest BCUT2D eigenvalue weighted by Gasteiger charge is -2.12. The minimum absolute atomic E-state index is 0.0683. The zero-order valence-corrected chi connectivity index (χ0v) is 12.7. The Morgan fingerprint density at radius 3 is 2.86 bits per heavy atom. The highest BCUT2D eigenvalue weighted by molar-refractivity contribution is 6.31. The van der Waals surface area contributed by atoms with Crippen molar-refractivity contribution >= 4 is 23.2 Å². The van der Waals surface area contributed by atoms with Gasteiger partial charge in [0.05, 0.1) is 6.61 Å². The average Bonchev–Trinajstić information content (AvgIpc) is 2.48. The molecule has 21 heavy (non-hydrogen) atoms. The summed E-state index contributed by atoms with van der Waals surface area (Å²) in [4.78, 5) is 12.0. The molecule has 6 heteroatoms. The molecule has 0 radical (unpaired) electrons. The Morgan fingerprint density at radius 2 is 2.29 bits per heavy atom. The van der Waals surface area contributed by atoms with Crippen molar-refractivity contribution in [1.29, 1.82) is 5.26 Å². The second-order valence-electron chi connectivity index (χ2n) is 4.49. The Balaban J connectivity index is 2.83. The maximum Gasteiger partial charge on any atom is 0.267 e. The van der Waals surface area contributed by atoms with Crippen LogP contribution in [-0.4, -0.2) is 23.7 Å². The summed E-state index contributed by atoms with van der Waals surface area (Å²) < 4.78 is 0. The molecule has 0 spiro atoms. The quantitative estimate of drug-likeness (QED) is 0.556. The van der Waals surface area contributed by atoms with E-state index >= 15 is 0 Å². The van der Waals surface area contributed by atoms with Crippen LogP contribution < -0.4 is 10.6 Å². The van der Waals surface area contributed by atoms with Crippen LogP contribution in [0.3, 0.4) is 0 Å². The van der Waals surface area contributed by atoms with Crippen LogP contribution in [0.5, 0.6) is 0 Å². The summed E-state index contributed by atoms with van der Waals surface area (Å²) in [6, 6.07) is 6.80. The van der Waals surface area contributed by atoms with Crippen LogP contribution in [0.2, 0.25) is 5.02 Å². The smallest absolute Gasteiger partial charge is 0.267 e. The van der Waals surface area contributed by atoms with Crippen LogP contribution in [-0.2, 0) is 4.79 Å². The predicted octanol–water partition coefficient (Wildman–Crippen LogP) is 2.35. The van der Waals surface area contributed by atoms with Gasteiger partial charge in [-0.15, -0.1) is 0 Å². The van der Waals surface area contributed by atoms with E-state index in [0.717, 1.165) is 5.56 Å². The highest BCUT2D eigenvalue weighted by Crippen LogP contribution is 2.23. The van der Waals surface area contributed by atoms with Gasteiger partial charge >= 0.3 is 0 Å². The number of nitrogens with one attached hydrogen (secondary N) is 2. The molecule has 0 fully saturated rings. The molecule has 1 rings (SSSR count). The highest BCUT2D eigenvalue weighted by Gasteiger charge is 2.12. The Hall–Kier alpha value is -2.03. The van der Waals surface area contributed by atoms with Gasteiger partial charge in [0, 0.05) is 23.0 Å². The normalized spacial score (nSPS) is 12.4. The molecule has 1 aromatic rings. The maximum atomic E-state index is 12.0. The molecule has 1 amide bonds. The fourth-order valence-electron chi connectivity index (χ4n) is 1.58. The van der Waals surface area contributed by atoms with Crippen LogP contribution in [0.4, 0.5) is 5.69 Å². The van der Waals surface area contributed by atoms with Gasteiger partial charge < -0.3 is 15.7 Å². The van der Waals surface area contributed by atoms with E-state index in [1.54, 1.807) is 25.1 Å². The molecule has 1 atom stereocenters. The lowest BCUT2D eigenvalue weighted by Crippen LogP contribution is -2.28. The van der Waals surface area contributed by atoms with Gasteiger partial charge in [-0.2, -0.15) is 5.26 Å². The zero-order chi connectivity index (χ0) is 15.8. The van der Waals surface area contributed by atoms with Crippen molar-refractivity contribution in [2.45, 2.75) is 26.3 Å². The number of aliphatic hydroxyl groups is 1. The van der Waals surface area contributed by atoms with E-state index in [0.29, 0.717) is 17.1 Å². The number of halogens is 1. The topological polar surface area (TPSA) is 85.2 Å². The number of nitriles is 1. The number of carbonyl (C=O) groups excluding carboxylic acids is 1. The maximum absolute atomic E-state index is 12.0. The molecule has 0 saturated heterocycles. The van der Waals surface area contributed by atoms with Crippen LogP contribution >= 0.6 is 11.6 Å². The molecule has 3 N–H and O–H groups in total. The summed E-state index contributed by atoms with van der Waals surface area (Å²) in [5.74, 6) is -0.525. The van der Waals surface area contributed by atoms with Crippen molar-refractivity contribution in [2.75, 3.05) is 11.9 Å².